The predicted molar refractivity (Wildman–Crippen MR) is 80.0 cm³/mol. The summed E-state index contributed by atoms with van der Waals surface area (Å²) in [6, 6.07) is 5.03. The maximum Gasteiger partial charge on any atom is 0.124 e. The standard InChI is InChI=1S/C15H22BrFN2/c1-14(2)13(15(14,3)4)12(19-18)7-9-5-6-10(17)8-11(9)16/h5-6,8,12-13,19H,7,18H2,1-4H3. The Morgan fingerprint density at radius 1 is 1.32 bits per heavy atom. The number of rotatable bonds is 4. The van der Waals surface area contributed by atoms with Crippen molar-refractivity contribution in [3.8, 4) is 0 Å². The van der Waals surface area contributed by atoms with Crippen LogP contribution in [0.2, 0.25) is 0 Å². The number of nitrogens with two attached hydrogens (primary N) is 1. The van der Waals surface area contributed by atoms with Gasteiger partial charge in [-0.05, 0) is 40.9 Å². The van der Waals surface area contributed by atoms with Gasteiger partial charge >= 0.3 is 0 Å². The maximum absolute atomic E-state index is 13.1. The fraction of sp³-hybridized carbons (Fsp3) is 0.600. The van der Waals surface area contributed by atoms with Crippen LogP contribution in [-0.4, -0.2) is 6.04 Å². The molecule has 0 aliphatic heterocycles. The molecule has 0 heterocycles. The zero-order chi connectivity index (χ0) is 14.4. The molecule has 2 nitrogen and oxygen atoms in total. The maximum atomic E-state index is 13.1. The third-order valence-electron chi connectivity index (χ3n) is 5.20. The van der Waals surface area contributed by atoms with Crippen molar-refractivity contribution in [2.45, 2.75) is 40.2 Å². The first-order valence-electron chi connectivity index (χ1n) is 6.62. The van der Waals surface area contributed by atoms with E-state index in [1.807, 2.05) is 6.07 Å². The van der Waals surface area contributed by atoms with Crippen LogP contribution in [0.3, 0.4) is 0 Å². The van der Waals surface area contributed by atoms with Gasteiger partial charge in [0.15, 0.2) is 0 Å². The molecule has 1 aliphatic rings. The summed E-state index contributed by atoms with van der Waals surface area (Å²) < 4.78 is 13.9. The molecule has 106 valence electrons. The molecular weight excluding hydrogens is 307 g/mol. The number of hydrazine groups is 1. The smallest absolute Gasteiger partial charge is 0.124 e. The first kappa shape index (κ1) is 14.9. The Kier molecular flexibility index (Phi) is 3.80. The lowest BCUT2D eigenvalue weighted by atomic mass is 9.97. The normalized spacial score (nSPS) is 22.3. The van der Waals surface area contributed by atoms with Gasteiger partial charge in [0.25, 0.3) is 0 Å². The van der Waals surface area contributed by atoms with Crippen LogP contribution < -0.4 is 11.3 Å². The van der Waals surface area contributed by atoms with E-state index >= 15 is 0 Å². The van der Waals surface area contributed by atoms with Crippen LogP contribution in [0, 0.1) is 22.6 Å². The summed E-state index contributed by atoms with van der Waals surface area (Å²) in [7, 11) is 0. The first-order valence-corrected chi connectivity index (χ1v) is 7.41. The molecule has 1 aromatic carbocycles. The Hall–Kier alpha value is -0.450. The van der Waals surface area contributed by atoms with E-state index < -0.39 is 0 Å². The van der Waals surface area contributed by atoms with E-state index in [0.717, 1.165) is 16.5 Å². The van der Waals surface area contributed by atoms with Gasteiger partial charge in [-0.25, -0.2) is 4.39 Å². The topological polar surface area (TPSA) is 38.0 Å². The Morgan fingerprint density at radius 2 is 1.89 bits per heavy atom. The molecule has 0 saturated heterocycles. The van der Waals surface area contributed by atoms with E-state index in [0.29, 0.717) is 5.92 Å². The molecule has 4 heteroatoms. The third-order valence-corrected chi connectivity index (χ3v) is 5.94. The monoisotopic (exact) mass is 328 g/mol. The van der Waals surface area contributed by atoms with Gasteiger partial charge in [-0.2, -0.15) is 0 Å². The lowest BCUT2D eigenvalue weighted by Gasteiger charge is -2.19. The van der Waals surface area contributed by atoms with Gasteiger partial charge in [0.1, 0.15) is 5.82 Å². The fourth-order valence-corrected chi connectivity index (χ4v) is 3.96. The van der Waals surface area contributed by atoms with Gasteiger partial charge < -0.3 is 0 Å². The van der Waals surface area contributed by atoms with Gasteiger partial charge in [-0.3, -0.25) is 11.3 Å². The zero-order valence-corrected chi connectivity index (χ0v) is 13.5. The molecule has 0 radical (unpaired) electrons. The van der Waals surface area contributed by atoms with E-state index in [1.54, 1.807) is 0 Å². The zero-order valence-electron chi connectivity index (χ0n) is 11.9. The number of hydrogen-bond acceptors (Lipinski definition) is 2. The van der Waals surface area contributed by atoms with E-state index in [9.17, 15) is 4.39 Å². The molecule has 2 rings (SSSR count). The van der Waals surface area contributed by atoms with Crippen molar-refractivity contribution in [2.75, 3.05) is 0 Å². The van der Waals surface area contributed by atoms with Crippen LogP contribution in [0.5, 0.6) is 0 Å². The number of hydrogen-bond donors (Lipinski definition) is 2. The second-order valence-electron chi connectivity index (χ2n) is 6.63. The van der Waals surface area contributed by atoms with Crippen LogP contribution in [0.4, 0.5) is 4.39 Å². The fourth-order valence-electron chi connectivity index (χ4n) is 3.45. The largest absolute Gasteiger partial charge is 0.271 e. The van der Waals surface area contributed by atoms with E-state index in [1.165, 1.54) is 12.1 Å². The van der Waals surface area contributed by atoms with Gasteiger partial charge in [-0.15, -0.1) is 0 Å². The molecular formula is C15H22BrFN2. The molecule has 1 saturated carbocycles. The van der Waals surface area contributed by atoms with Crippen molar-refractivity contribution in [1.29, 1.82) is 0 Å². The summed E-state index contributed by atoms with van der Waals surface area (Å²) in [5.41, 5.74) is 4.59. The minimum Gasteiger partial charge on any atom is -0.271 e. The summed E-state index contributed by atoms with van der Waals surface area (Å²) >= 11 is 3.42. The van der Waals surface area contributed by atoms with Crippen molar-refractivity contribution in [1.82, 2.24) is 5.43 Å². The molecule has 1 fully saturated rings. The Morgan fingerprint density at radius 3 is 2.32 bits per heavy atom. The molecule has 3 N–H and O–H groups in total. The van der Waals surface area contributed by atoms with Crippen LogP contribution in [0.1, 0.15) is 33.3 Å². The quantitative estimate of drug-likeness (QED) is 0.654. The van der Waals surface area contributed by atoms with Gasteiger partial charge in [0.05, 0.1) is 0 Å². The van der Waals surface area contributed by atoms with Crippen LogP contribution in [0.25, 0.3) is 0 Å². The van der Waals surface area contributed by atoms with Crippen LogP contribution in [-0.2, 0) is 6.42 Å². The highest BCUT2D eigenvalue weighted by atomic mass is 79.9. The number of halogens is 2. The molecule has 1 unspecified atom stereocenters. The highest BCUT2D eigenvalue weighted by Crippen LogP contribution is 2.69. The highest BCUT2D eigenvalue weighted by molar-refractivity contribution is 9.10. The predicted octanol–water partition coefficient (Wildman–Crippen LogP) is 3.64. The summed E-state index contributed by atoms with van der Waals surface area (Å²) in [6.45, 7) is 9.12. The third kappa shape index (κ3) is 2.46. The minimum atomic E-state index is -0.222. The molecule has 1 atom stereocenters. The molecule has 0 spiro atoms. The summed E-state index contributed by atoms with van der Waals surface area (Å²) in [6.07, 6.45) is 0.800. The van der Waals surface area contributed by atoms with Gasteiger partial charge in [0, 0.05) is 10.5 Å². The van der Waals surface area contributed by atoms with Crippen molar-refractivity contribution in [3.05, 3.63) is 34.1 Å². The van der Waals surface area contributed by atoms with Crippen molar-refractivity contribution in [3.63, 3.8) is 0 Å². The Balaban J connectivity index is 2.17. The van der Waals surface area contributed by atoms with Crippen LogP contribution in [0.15, 0.2) is 22.7 Å². The van der Waals surface area contributed by atoms with E-state index in [2.05, 4.69) is 49.1 Å². The second kappa shape index (κ2) is 4.83. The van der Waals surface area contributed by atoms with E-state index in [4.69, 9.17) is 5.84 Å². The summed E-state index contributed by atoms with van der Waals surface area (Å²) in [5, 5.41) is 0. The minimum absolute atomic E-state index is 0.201. The number of nitrogens with one attached hydrogen (secondary N) is 1. The molecule has 1 aliphatic carbocycles. The second-order valence-corrected chi connectivity index (χ2v) is 7.49. The van der Waals surface area contributed by atoms with Crippen molar-refractivity contribution in [2.24, 2.45) is 22.6 Å². The lowest BCUT2D eigenvalue weighted by molar-refractivity contribution is 0.401. The highest BCUT2D eigenvalue weighted by Gasteiger charge is 2.66. The van der Waals surface area contributed by atoms with Crippen LogP contribution >= 0.6 is 15.9 Å². The van der Waals surface area contributed by atoms with Gasteiger partial charge in [-0.1, -0.05) is 49.7 Å². The van der Waals surface area contributed by atoms with Crippen molar-refractivity contribution < 1.29 is 4.39 Å². The number of benzene rings is 1. The molecule has 1 aromatic rings. The summed E-state index contributed by atoms with van der Waals surface area (Å²) in [5.74, 6) is 6.04. The SMILES string of the molecule is CC1(C)C(C(Cc2ccc(F)cc2Br)NN)C1(C)C. The Labute approximate surface area is 123 Å². The average Bonchev–Trinajstić information content (AvgIpc) is 2.70. The molecule has 19 heavy (non-hydrogen) atoms. The molecule has 0 aromatic heterocycles. The first-order chi connectivity index (χ1) is 8.71. The molecule has 0 bridgehead atoms. The molecule has 0 amide bonds. The van der Waals surface area contributed by atoms with Gasteiger partial charge in [0.2, 0.25) is 0 Å². The Bertz CT molecular complexity index is 471. The van der Waals surface area contributed by atoms with E-state index in [-0.39, 0.29) is 22.7 Å². The average molecular weight is 329 g/mol. The lowest BCUT2D eigenvalue weighted by Crippen LogP contribution is -2.40. The van der Waals surface area contributed by atoms with Crippen molar-refractivity contribution >= 4 is 15.9 Å². The summed E-state index contributed by atoms with van der Waals surface area (Å²) in [4.78, 5) is 0.